The number of rotatable bonds is 6. The molecule has 3 aromatic rings. The summed E-state index contributed by atoms with van der Waals surface area (Å²) in [6.45, 7) is 2.93. The number of benzene rings is 1. The summed E-state index contributed by atoms with van der Waals surface area (Å²) in [6, 6.07) is 7.93. The number of aryl methyl sites for hydroxylation is 1. The van der Waals surface area contributed by atoms with Crippen molar-refractivity contribution >= 4 is 69.1 Å². The first-order chi connectivity index (χ1) is 14.7. The number of ketones is 1. The molecule has 0 saturated heterocycles. The number of hydrogen-bond acceptors (Lipinski definition) is 5. The lowest BCUT2D eigenvalue weighted by Gasteiger charge is -2.15. The van der Waals surface area contributed by atoms with E-state index < -0.39 is 11.8 Å². The number of nitrogens with one attached hydrogen (secondary N) is 2. The molecule has 2 heterocycles. The van der Waals surface area contributed by atoms with E-state index in [2.05, 4.69) is 20.7 Å². The van der Waals surface area contributed by atoms with Gasteiger partial charge in [-0.25, -0.2) is 9.67 Å². The molecule has 0 aliphatic heterocycles. The summed E-state index contributed by atoms with van der Waals surface area (Å²) in [5.74, 6) is -0.969. The number of Topliss-reactive ketones (excluding diaryl/α,β-unsaturated/α-hetero) is 1. The van der Waals surface area contributed by atoms with Crippen LogP contribution in [0, 0.1) is 10.6 Å². The van der Waals surface area contributed by atoms with Crippen LogP contribution in [0.4, 0.5) is 5.69 Å². The van der Waals surface area contributed by atoms with Crippen LogP contribution in [0.5, 0.6) is 0 Å². The second-order valence-corrected chi connectivity index (χ2v) is 8.51. The normalized spacial score (nSPS) is 10.6. The third-order valence-electron chi connectivity index (χ3n) is 4.13. The lowest BCUT2D eigenvalue weighted by Crippen LogP contribution is -2.30. The highest BCUT2D eigenvalue weighted by Crippen LogP contribution is 2.27. The lowest BCUT2D eigenvalue weighted by molar-refractivity contribution is -0.116. The molecule has 2 aromatic heterocycles. The first-order valence-electron chi connectivity index (χ1n) is 8.93. The van der Waals surface area contributed by atoms with Crippen molar-refractivity contribution in [3.05, 3.63) is 67.1 Å². The molecule has 0 atom stereocenters. The van der Waals surface area contributed by atoms with Crippen LogP contribution in [0.15, 0.2) is 36.5 Å². The number of hydrogen-bond donors (Lipinski definition) is 2. The minimum atomic E-state index is -0.535. The van der Waals surface area contributed by atoms with E-state index in [-0.39, 0.29) is 29.3 Å². The Kier molecular flexibility index (Phi) is 7.29. The van der Waals surface area contributed by atoms with Crippen LogP contribution in [0.3, 0.4) is 0 Å². The maximum absolute atomic E-state index is 13.1. The molecule has 11 heteroatoms. The highest BCUT2D eigenvalue weighted by Gasteiger charge is 2.22. The largest absolute Gasteiger partial charge is 0.345 e. The molecule has 160 valence electrons. The molecule has 3 rings (SSSR count). The summed E-state index contributed by atoms with van der Waals surface area (Å²) >= 11 is 14.3. The number of carbonyl (C=O) groups is 3. The van der Waals surface area contributed by atoms with Gasteiger partial charge in [-0.15, -0.1) is 0 Å². The van der Waals surface area contributed by atoms with Gasteiger partial charge >= 0.3 is 0 Å². The fraction of sp³-hybridized carbons (Fsp3) is 0.150. The maximum atomic E-state index is 13.1. The quantitative estimate of drug-likeness (QED) is 0.434. The van der Waals surface area contributed by atoms with Gasteiger partial charge in [0.1, 0.15) is 15.2 Å². The summed E-state index contributed by atoms with van der Waals surface area (Å²) in [4.78, 5) is 41.2. The van der Waals surface area contributed by atoms with Gasteiger partial charge in [-0.3, -0.25) is 14.4 Å². The fourth-order valence-electron chi connectivity index (χ4n) is 2.77. The number of aromatic nitrogens is 3. The minimum absolute atomic E-state index is 0.135. The molecule has 0 bridgehead atoms. The van der Waals surface area contributed by atoms with Gasteiger partial charge in [-0.05, 0) is 66.3 Å². The predicted octanol–water partition coefficient (Wildman–Crippen LogP) is 4.06. The molecular weight excluding hydrogens is 556 g/mol. The number of halogens is 3. The smallest absolute Gasteiger partial charge is 0.274 e. The molecule has 2 amide bonds. The van der Waals surface area contributed by atoms with Crippen molar-refractivity contribution in [1.82, 2.24) is 20.1 Å². The molecule has 0 unspecified atom stereocenters. The fourth-order valence-corrected chi connectivity index (χ4v) is 3.76. The van der Waals surface area contributed by atoms with E-state index in [1.54, 1.807) is 31.2 Å². The highest BCUT2D eigenvalue weighted by atomic mass is 127. The van der Waals surface area contributed by atoms with Crippen molar-refractivity contribution in [2.75, 3.05) is 11.9 Å². The Balaban J connectivity index is 1.99. The van der Waals surface area contributed by atoms with Gasteiger partial charge < -0.3 is 10.6 Å². The lowest BCUT2D eigenvalue weighted by atomic mass is 10.1. The number of pyridine rings is 1. The molecule has 1 aromatic carbocycles. The molecule has 0 aliphatic rings. The van der Waals surface area contributed by atoms with Crippen LogP contribution >= 0.6 is 45.8 Å². The highest BCUT2D eigenvalue weighted by molar-refractivity contribution is 14.1. The van der Waals surface area contributed by atoms with Crippen molar-refractivity contribution in [2.45, 2.75) is 13.8 Å². The molecule has 0 radical (unpaired) electrons. The van der Waals surface area contributed by atoms with E-state index in [1.807, 2.05) is 22.6 Å². The molecule has 2 N–H and O–H groups in total. The van der Waals surface area contributed by atoms with Crippen molar-refractivity contribution in [2.24, 2.45) is 0 Å². The molecule has 0 saturated carbocycles. The van der Waals surface area contributed by atoms with Crippen LogP contribution in [0.25, 0.3) is 5.82 Å². The second-order valence-electron chi connectivity index (χ2n) is 6.56. The van der Waals surface area contributed by atoms with Gasteiger partial charge in [0.2, 0.25) is 0 Å². The zero-order valence-electron chi connectivity index (χ0n) is 16.4. The third-order valence-corrected chi connectivity index (χ3v) is 5.17. The van der Waals surface area contributed by atoms with Crippen molar-refractivity contribution < 1.29 is 14.4 Å². The van der Waals surface area contributed by atoms with Gasteiger partial charge in [0.05, 0.1) is 22.8 Å². The van der Waals surface area contributed by atoms with Gasteiger partial charge in [-0.2, -0.15) is 5.10 Å². The van der Waals surface area contributed by atoms with Gasteiger partial charge in [0, 0.05) is 17.3 Å². The van der Waals surface area contributed by atoms with Crippen molar-refractivity contribution in [1.29, 1.82) is 0 Å². The molecule has 31 heavy (non-hydrogen) atoms. The summed E-state index contributed by atoms with van der Waals surface area (Å²) in [6.07, 6.45) is 1.54. The van der Waals surface area contributed by atoms with Crippen LogP contribution in [-0.2, 0) is 4.79 Å². The van der Waals surface area contributed by atoms with Crippen molar-refractivity contribution in [3.63, 3.8) is 0 Å². The Morgan fingerprint density at radius 3 is 2.58 bits per heavy atom. The van der Waals surface area contributed by atoms with Crippen LogP contribution in [0.1, 0.15) is 33.3 Å². The van der Waals surface area contributed by atoms with Gasteiger partial charge in [-0.1, -0.05) is 23.2 Å². The van der Waals surface area contributed by atoms with E-state index in [1.165, 1.54) is 23.9 Å². The summed E-state index contributed by atoms with van der Waals surface area (Å²) in [5.41, 5.74) is 1.15. The summed E-state index contributed by atoms with van der Waals surface area (Å²) in [5, 5.41) is 10.2. The third kappa shape index (κ3) is 5.41. The summed E-state index contributed by atoms with van der Waals surface area (Å²) in [7, 11) is 0. The Morgan fingerprint density at radius 2 is 1.90 bits per heavy atom. The minimum Gasteiger partial charge on any atom is -0.345 e. The van der Waals surface area contributed by atoms with Crippen LogP contribution in [-0.4, -0.2) is 38.9 Å². The van der Waals surface area contributed by atoms with Crippen molar-refractivity contribution in [3.8, 4) is 5.82 Å². The van der Waals surface area contributed by atoms with Crippen LogP contribution in [0.2, 0.25) is 10.0 Å². The Hall–Kier alpha value is -2.50. The monoisotopic (exact) mass is 571 g/mol. The molecule has 0 aliphatic carbocycles. The first-order valence-corrected chi connectivity index (χ1v) is 10.8. The second kappa shape index (κ2) is 9.75. The van der Waals surface area contributed by atoms with E-state index in [4.69, 9.17) is 23.2 Å². The molecule has 8 nitrogen and oxygen atoms in total. The van der Waals surface area contributed by atoms with E-state index in [0.717, 1.165) is 0 Å². The Bertz CT molecular complexity index is 1200. The SMILES string of the molecule is CC(=O)CNC(=O)c1cc(Cl)cc(C)c1NC(=O)c1cc(I)nn1-c1ncccc1Cl. The van der Waals surface area contributed by atoms with Gasteiger partial charge in [0.25, 0.3) is 11.8 Å². The number of anilines is 1. The Morgan fingerprint density at radius 1 is 1.16 bits per heavy atom. The Labute approximate surface area is 201 Å². The molecular formula is C20H16Cl2IN5O3. The average Bonchev–Trinajstić information content (AvgIpc) is 3.09. The maximum Gasteiger partial charge on any atom is 0.274 e. The average molecular weight is 572 g/mol. The van der Waals surface area contributed by atoms with E-state index in [0.29, 0.717) is 25.1 Å². The number of amides is 2. The summed E-state index contributed by atoms with van der Waals surface area (Å²) < 4.78 is 1.89. The molecule has 0 fully saturated rings. The molecule has 0 spiro atoms. The van der Waals surface area contributed by atoms with Gasteiger partial charge in [0.15, 0.2) is 5.82 Å². The standard InChI is InChI=1S/C20H16Cl2IN5O3/c1-10-6-12(21)7-13(19(30)25-9-11(2)29)17(10)26-20(31)15-8-16(23)27-28(15)18-14(22)4-3-5-24-18/h3-8H,9H2,1-2H3,(H,25,30)(H,26,31). The number of carbonyl (C=O) groups excluding carboxylic acids is 3. The number of nitrogens with zero attached hydrogens (tertiary/aromatic N) is 3. The first kappa shape index (κ1) is 23.2. The zero-order chi connectivity index (χ0) is 22.7. The van der Waals surface area contributed by atoms with E-state index >= 15 is 0 Å². The van der Waals surface area contributed by atoms with Crippen LogP contribution < -0.4 is 10.6 Å². The van der Waals surface area contributed by atoms with E-state index in [9.17, 15) is 14.4 Å². The zero-order valence-corrected chi connectivity index (χ0v) is 20.0. The predicted molar refractivity (Wildman–Crippen MR) is 126 cm³/mol. The topological polar surface area (TPSA) is 106 Å².